The molecule has 0 atom stereocenters. The summed E-state index contributed by atoms with van der Waals surface area (Å²) < 4.78 is 0. The molecule has 0 saturated carbocycles. The average Bonchev–Trinajstić information content (AvgIpc) is 1.35. The fourth-order valence-corrected chi connectivity index (χ4v) is 0.249. The SMILES string of the molecule is CCNC(C)=O.[LiH]. The van der Waals surface area contributed by atoms with E-state index in [0.29, 0.717) is 0 Å². The molecule has 0 heterocycles. The summed E-state index contributed by atoms with van der Waals surface area (Å²) in [5, 5.41) is 2.57. The Morgan fingerprint density at radius 3 is 2.14 bits per heavy atom. The van der Waals surface area contributed by atoms with Gasteiger partial charge in [-0.1, -0.05) is 0 Å². The summed E-state index contributed by atoms with van der Waals surface area (Å²) in [6, 6.07) is 0. The van der Waals surface area contributed by atoms with Crippen molar-refractivity contribution in [1.82, 2.24) is 5.32 Å². The van der Waals surface area contributed by atoms with Crippen LogP contribution in [0, 0.1) is 0 Å². The molecule has 0 saturated heterocycles. The van der Waals surface area contributed by atoms with E-state index in [-0.39, 0.29) is 24.8 Å². The molecule has 7 heavy (non-hydrogen) atoms. The Morgan fingerprint density at radius 2 is 2.14 bits per heavy atom. The zero-order valence-electron chi connectivity index (χ0n) is 4.12. The molecule has 0 aromatic heterocycles. The molecule has 0 bridgehead atoms. The monoisotopic (exact) mass is 95.1 g/mol. The molecule has 0 unspecified atom stereocenters. The summed E-state index contributed by atoms with van der Waals surface area (Å²) in [6.07, 6.45) is 0. The third-order valence-corrected chi connectivity index (χ3v) is 0.426. The molecule has 0 aliphatic rings. The maximum atomic E-state index is 9.93. The quantitative estimate of drug-likeness (QED) is 0.437. The van der Waals surface area contributed by atoms with Gasteiger partial charge in [-0.3, -0.25) is 4.79 Å². The summed E-state index contributed by atoms with van der Waals surface area (Å²) >= 11 is 0. The normalized spacial score (nSPS) is 6.57. The predicted octanol–water partition coefficient (Wildman–Crippen LogP) is -0.506. The average molecular weight is 95.1 g/mol. The molecule has 0 aromatic carbocycles. The van der Waals surface area contributed by atoms with Crippen molar-refractivity contribution in [3.05, 3.63) is 0 Å². The van der Waals surface area contributed by atoms with Crippen LogP contribution in [0.5, 0.6) is 0 Å². The van der Waals surface area contributed by atoms with E-state index in [1.54, 1.807) is 0 Å². The fourth-order valence-electron chi connectivity index (χ4n) is 0.249. The molecule has 0 fully saturated rings. The first-order valence-electron chi connectivity index (χ1n) is 2.01. The van der Waals surface area contributed by atoms with Crippen LogP contribution in [0.3, 0.4) is 0 Å². The van der Waals surface area contributed by atoms with Crippen molar-refractivity contribution in [3.8, 4) is 0 Å². The second-order valence-corrected chi connectivity index (χ2v) is 1.09. The van der Waals surface area contributed by atoms with Crippen LogP contribution in [0.15, 0.2) is 0 Å². The zero-order valence-corrected chi connectivity index (χ0v) is 4.12. The predicted molar refractivity (Wildman–Crippen MR) is 31.5 cm³/mol. The van der Waals surface area contributed by atoms with Crippen LogP contribution in [-0.2, 0) is 4.79 Å². The van der Waals surface area contributed by atoms with E-state index in [4.69, 9.17) is 0 Å². The van der Waals surface area contributed by atoms with Crippen LogP contribution in [0.2, 0.25) is 0 Å². The fraction of sp³-hybridized carbons (Fsp3) is 0.750. The molecule has 3 heteroatoms. The summed E-state index contributed by atoms with van der Waals surface area (Å²) in [4.78, 5) is 9.93. The number of carbonyl (C=O) groups excluding carboxylic acids is 1. The molecule has 0 aliphatic heterocycles. The third-order valence-electron chi connectivity index (χ3n) is 0.426. The Bertz CT molecular complexity index is 55.7. The molecule has 0 spiro atoms. The first-order valence-corrected chi connectivity index (χ1v) is 2.01. The summed E-state index contributed by atoms with van der Waals surface area (Å²) in [5.74, 6) is 0.0394. The van der Waals surface area contributed by atoms with E-state index in [1.807, 2.05) is 6.92 Å². The number of rotatable bonds is 1. The molecular formula is C4H10LiNO. The summed E-state index contributed by atoms with van der Waals surface area (Å²) in [6.45, 7) is 4.13. The Kier molecular flexibility index (Phi) is 8.78. The molecule has 1 amide bonds. The molecule has 38 valence electrons. The van der Waals surface area contributed by atoms with Gasteiger partial charge in [0, 0.05) is 13.5 Å². The van der Waals surface area contributed by atoms with Gasteiger partial charge in [0.25, 0.3) is 0 Å². The van der Waals surface area contributed by atoms with E-state index >= 15 is 0 Å². The van der Waals surface area contributed by atoms with Gasteiger partial charge in [-0.05, 0) is 6.92 Å². The van der Waals surface area contributed by atoms with Gasteiger partial charge in [-0.25, -0.2) is 0 Å². The third kappa shape index (κ3) is 10.7. The van der Waals surface area contributed by atoms with Crippen molar-refractivity contribution >= 4 is 24.8 Å². The maximum absolute atomic E-state index is 9.93. The van der Waals surface area contributed by atoms with Crippen molar-refractivity contribution in [2.75, 3.05) is 6.54 Å². The van der Waals surface area contributed by atoms with Crippen LogP contribution in [0.25, 0.3) is 0 Å². The van der Waals surface area contributed by atoms with E-state index in [0.717, 1.165) is 6.54 Å². The van der Waals surface area contributed by atoms with E-state index in [2.05, 4.69) is 5.32 Å². The van der Waals surface area contributed by atoms with Gasteiger partial charge < -0.3 is 5.32 Å². The first kappa shape index (κ1) is 10.1. The summed E-state index contributed by atoms with van der Waals surface area (Å²) in [7, 11) is 0. The number of nitrogens with one attached hydrogen (secondary N) is 1. The van der Waals surface area contributed by atoms with Crippen LogP contribution < -0.4 is 5.32 Å². The molecule has 0 radical (unpaired) electrons. The van der Waals surface area contributed by atoms with E-state index in [9.17, 15) is 4.79 Å². The molecule has 0 rings (SSSR count). The summed E-state index contributed by atoms with van der Waals surface area (Å²) in [5.41, 5.74) is 0. The second kappa shape index (κ2) is 6.07. The second-order valence-electron chi connectivity index (χ2n) is 1.09. The van der Waals surface area contributed by atoms with Crippen molar-refractivity contribution < 1.29 is 4.79 Å². The van der Waals surface area contributed by atoms with Gasteiger partial charge in [-0.2, -0.15) is 0 Å². The van der Waals surface area contributed by atoms with Crippen molar-refractivity contribution in [1.29, 1.82) is 0 Å². The van der Waals surface area contributed by atoms with Gasteiger partial charge >= 0.3 is 18.9 Å². The van der Waals surface area contributed by atoms with Crippen molar-refractivity contribution in [2.24, 2.45) is 0 Å². The van der Waals surface area contributed by atoms with E-state index < -0.39 is 0 Å². The van der Waals surface area contributed by atoms with Gasteiger partial charge in [0.05, 0.1) is 0 Å². The van der Waals surface area contributed by atoms with Crippen LogP contribution in [-0.4, -0.2) is 31.3 Å². The Morgan fingerprint density at radius 1 is 1.71 bits per heavy atom. The molecular weight excluding hydrogens is 85.0 g/mol. The molecule has 0 aromatic rings. The van der Waals surface area contributed by atoms with Gasteiger partial charge in [-0.15, -0.1) is 0 Å². The zero-order chi connectivity index (χ0) is 4.99. The number of carbonyl (C=O) groups is 1. The molecule has 1 N–H and O–H groups in total. The minimum atomic E-state index is 0. The van der Waals surface area contributed by atoms with E-state index in [1.165, 1.54) is 6.92 Å². The number of hydrogen-bond donors (Lipinski definition) is 1. The number of hydrogen-bond acceptors (Lipinski definition) is 1. The van der Waals surface area contributed by atoms with Gasteiger partial charge in [0.1, 0.15) is 0 Å². The Balaban J connectivity index is 0. The van der Waals surface area contributed by atoms with Gasteiger partial charge in [0.2, 0.25) is 5.91 Å². The topological polar surface area (TPSA) is 29.1 Å². The number of amides is 1. The minimum absolute atomic E-state index is 0. The van der Waals surface area contributed by atoms with Gasteiger partial charge in [0.15, 0.2) is 0 Å². The standard InChI is InChI=1S/C4H9NO.Li.H/c1-3-5-4(2)6;;/h3H2,1-2H3,(H,5,6);;. The first-order chi connectivity index (χ1) is 2.77. The Hall–Kier alpha value is 0.0674. The molecule has 2 nitrogen and oxygen atoms in total. The van der Waals surface area contributed by atoms with Crippen molar-refractivity contribution in [2.45, 2.75) is 13.8 Å². The van der Waals surface area contributed by atoms with Crippen LogP contribution >= 0.6 is 0 Å². The van der Waals surface area contributed by atoms with Crippen molar-refractivity contribution in [3.63, 3.8) is 0 Å². The van der Waals surface area contributed by atoms with Crippen LogP contribution in [0.1, 0.15) is 13.8 Å². The van der Waals surface area contributed by atoms with Crippen LogP contribution in [0.4, 0.5) is 0 Å². The Labute approximate surface area is 55.8 Å². The molecule has 0 aliphatic carbocycles.